The largest absolute Gasteiger partial charge is 0.497 e. The molecule has 2 aliphatic heterocycles. The van der Waals surface area contributed by atoms with Crippen molar-refractivity contribution in [1.29, 1.82) is 0 Å². The van der Waals surface area contributed by atoms with E-state index in [-0.39, 0.29) is 0 Å². The Morgan fingerprint density at radius 3 is 2.95 bits per heavy atom. The van der Waals surface area contributed by atoms with Gasteiger partial charge < -0.3 is 9.47 Å². The third-order valence-electron chi connectivity index (χ3n) is 4.84. The molecule has 2 heterocycles. The first kappa shape index (κ1) is 15.8. The number of nitrogens with zero attached hydrogens (tertiary/aromatic N) is 1. The lowest BCUT2D eigenvalue weighted by Crippen LogP contribution is -2.44. The van der Waals surface area contributed by atoms with E-state index in [1.165, 1.54) is 7.11 Å². The van der Waals surface area contributed by atoms with Crippen molar-refractivity contribution in [2.45, 2.75) is 30.8 Å². The molecule has 3 atom stereocenters. The third-order valence-corrected chi connectivity index (χ3v) is 6.70. The Balaban J connectivity index is 1.79. The van der Waals surface area contributed by atoms with Crippen LogP contribution in [0, 0.1) is 11.8 Å². The van der Waals surface area contributed by atoms with Gasteiger partial charge in [-0.25, -0.2) is 8.42 Å². The summed E-state index contributed by atoms with van der Waals surface area (Å²) in [5.41, 5.74) is 0. The van der Waals surface area contributed by atoms with Crippen LogP contribution in [-0.2, 0) is 14.8 Å². The summed E-state index contributed by atoms with van der Waals surface area (Å²) in [5.74, 6) is 1.38. The van der Waals surface area contributed by atoms with E-state index in [1.807, 2.05) is 0 Å². The maximum absolute atomic E-state index is 12.8. The van der Waals surface area contributed by atoms with Crippen LogP contribution >= 0.6 is 0 Å². The van der Waals surface area contributed by atoms with Gasteiger partial charge >= 0.3 is 0 Å². The molecule has 0 radical (unpaired) electrons. The molecule has 0 aromatic heterocycles. The summed E-state index contributed by atoms with van der Waals surface area (Å²) in [5, 5.41) is 0. The van der Waals surface area contributed by atoms with Crippen molar-refractivity contribution in [2.24, 2.45) is 11.8 Å². The maximum Gasteiger partial charge on any atom is 0.243 e. The summed E-state index contributed by atoms with van der Waals surface area (Å²) < 4.78 is 38.2. The highest BCUT2D eigenvalue weighted by Gasteiger charge is 2.42. The molecule has 3 rings (SSSR count). The van der Waals surface area contributed by atoms with Gasteiger partial charge in [-0.15, -0.1) is 0 Å². The molecule has 0 unspecified atom stereocenters. The second-order valence-corrected chi connectivity index (χ2v) is 7.97. The van der Waals surface area contributed by atoms with E-state index in [0.717, 1.165) is 12.8 Å². The molecule has 0 bridgehead atoms. The highest BCUT2D eigenvalue weighted by atomic mass is 32.2. The van der Waals surface area contributed by atoms with Crippen molar-refractivity contribution in [3.63, 3.8) is 0 Å². The molecule has 1 aromatic rings. The molecule has 0 N–H and O–H groups in total. The Labute approximate surface area is 132 Å². The van der Waals surface area contributed by atoms with Crippen LogP contribution < -0.4 is 4.74 Å². The summed E-state index contributed by atoms with van der Waals surface area (Å²) in [6, 6.07) is 6.68. The smallest absolute Gasteiger partial charge is 0.243 e. The highest BCUT2D eigenvalue weighted by Crippen LogP contribution is 2.37. The third kappa shape index (κ3) is 2.75. The Bertz CT molecular complexity index is 631. The van der Waals surface area contributed by atoms with Crippen LogP contribution in [0.25, 0.3) is 0 Å². The normalized spacial score (nSPS) is 29.3. The Morgan fingerprint density at radius 2 is 2.23 bits per heavy atom. The minimum absolute atomic E-state index is 0.298. The number of hydrogen-bond donors (Lipinski definition) is 0. The Hall–Kier alpha value is -1.11. The summed E-state index contributed by atoms with van der Waals surface area (Å²) in [7, 11) is -1.92. The number of sulfonamides is 1. The predicted molar refractivity (Wildman–Crippen MR) is 83.4 cm³/mol. The lowest BCUT2D eigenvalue weighted by atomic mass is 9.84. The van der Waals surface area contributed by atoms with Crippen molar-refractivity contribution in [3.8, 4) is 5.75 Å². The fourth-order valence-electron chi connectivity index (χ4n) is 3.60. The second-order valence-electron chi connectivity index (χ2n) is 6.03. The van der Waals surface area contributed by atoms with Gasteiger partial charge in [0, 0.05) is 25.1 Å². The van der Waals surface area contributed by atoms with E-state index >= 15 is 0 Å². The molecule has 22 heavy (non-hydrogen) atoms. The minimum Gasteiger partial charge on any atom is -0.497 e. The van der Waals surface area contributed by atoms with Gasteiger partial charge in [-0.1, -0.05) is 13.0 Å². The molecule has 5 nitrogen and oxygen atoms in total. The van der Waals surface area contributed by atoms with E-state index in [1.54, 1.807) is 28.6 Å². The van der Waals surface area contributed by atoms with E-state index in [4.69, 9.17) is 9.47 Å². The standard InChI is InChI=1S/C16H23NO4S/c1-3-16-15-7-8-17(10-12(15)11-21-16)22(18,19)14-6-4-5-13(9-14)20-2/h4-6,9,12,15-16H,3,7-8,10-11H2,1-2H3/t12-,15-,16+/m1/s1. The number of hydrogen-bond acceptors (Lipinski definition) is 4. The quantitative estimate of drug-likeness (QED) is 0.851. The zero-order chi connectivity index (χ0) is 15.7. The van der Waals surface area contributed by atoms with E-state index in [9.17, 15) is 8.42 Å². The molecule has 0 spiro atoms. The molecular weight excluding hydrogens is 302 g/mol. The first-order valence-electron chi connectivity index (χ1n) is 7.82. The van der Waals surface area contributed by atoms with Crippen LogP contribution in [0.1, 0.15) is 19.8 Å². The van der Waals surface area contributed by atoms with Gasteiger partial charge in [0.05, 0.1) is 24.7 Å². The monoisotopic (exact) mass is 325 g/mol. The molecule has 2 fully saturated rings. The number of rotatable bonds is 4. The minimum atomic E-state index is -3.46. The number of piperidine rings is 1. The molecule has 2 aliphatic rings. The van der Waals surface area contributed by atoms with Crippen molar-refractivity contribution in [2.75, 3.05) is 26.8 Å². The number of fused-ring (bicyclic) bond motifs is 1. The maximum atomic E-state index is 12.8. The average Bonchev–Trinajstić information content (AvgIpc) is 2.97. The van der Waals surface area contributed by atoms with Crippen LogP contribution in [0.5, 0.6) is 5.75 Å². The molecule has 122 valence electrons. The van der Waals surface area contributed by atoms with Gasteiger partial charge in [-0.05, 0) is 30.9 Å². The lowest BCUT2D eigenvalue weighted by Gasteiger charge is -2.34. The number of benzene rings is 1. The van der Waals surface area contributed by atoms with Gasteiger partial charge in [-0.3, -0.25) is 0 Å². The van der Waals surface area contributed by atoms with Gasteiger partial charge in [-0.2, -0.15) is 4.31 Å². The van der Waals surface area contributed by atoms with Crippen LogP contribution in [0.15, 0.2) is 29.2 Å². The van der Waals surface area contributed by atoms with Crippen molar-refractivity contribution in [1.82, 2.24) is 4.31 Å². The van der Waals surface area contributed by atoms with E-state index in [0.29, 0.717) is 48.3 Å². The highest BCUT2D eigenvalue weighted by molar-refractivity contribution is 7.89. The fraction of sp³-hybridized carbons (Fsp3) is 0.625. The molecule has 6 heteroatoms. The molecule has 0 saturated carbocycles. The molecule has 2 saturated heterocycles. The summed E-state index contributed by atoms with van der Waals surface area (Å²) in [6.45, 7) is 3.93. The van der Waals surface area contributed by atoms with Crippen LogP contribution in [0.4, 0.5) is 0 Å². The first-order chi connectivity index (χ1) is 10.6. The zero-order valence-electron chi connectivity index (χ0n) is 13.1. The summed E-state index contributed by atoms with van der Waals surface area (Å²) in [6.07, 6.45) is 2.18. The van der Waals surface area contributed by atoms with Gasteiger partial charge in [0.2, 0.25) is 10.0 Å². The molecule has 0 aliphatic carbocycles. The topological polar surface area (TPSA) is 55.8 Å². The predicted octanol–water partition coefficient (Wildman–Crippen LogP) is 2.13. The number of ether oxygens (including phenoxy) is 2. The van der Waals surface area contributed by atoms with Crippen molar-refractivity contribution >= 4 is 10.0 Å². The Kier molecular flexibility index (Phi) is 4.43. The summed E-state index contributed by atoms with van der Waals surface area (Å²) in [4.78, 5) is 0.302. The van der Waals surface area contributed by atoms with Crippen molar-refractivity contribution < 1.29 is 17.9 Å². The SMILES string of the molecule is CC[C@@H]1OC[C@H]2CN(S(=O)(=O)c3cccc(OC)c3)CC[C@H]21. The zero-order valence-corrected chi connectivity index (χ0v) is 13.9. The first-order valence-corrected chi connectivity index (χ1v) is 9.26. The molecular formula is C16H23NO4S. The molecule has 1 aromatic carbocycles. The summed E-state index contributed by atoms with van der Waals surface area (Å²) >= 11 is 0. The van der Waals surface area contributed by atoms with Gasteiger partial charge in [0.15, 0.2) is 0 Å². The second kappa shape index (κ2) is 6.18. The van der Waals surface area contributed by atoms with E-state index in [2.05, 4.69) is 6.92 Å². The Morgan fingerprint density at radius 1 is 1.41 bits per heavy atom. The average molecular weight is 325 g/mol. The van der Waals surface area contributed by atoms with E-state index < -0.39 is 10.0 Å². The lowest BCUT2D eigenvalue weighted by molar-refractivity contribution is 0.0850. The fourth-order valence-corrected chi connectivity index (χ4v) is 5.15. The number of methoxy groups -OCH3 is 1. The van der Waals surface area contributed by atoms with Crippen LogP contribution in [0.2, 0.25) is 0 Å². The molecule has 0 amide bonds. The van der Waals surface area contributed by atoms with Crippen LogP contribution in [-0.4, -0.2) is 45.6 Å². The van der Waals surface area contributed by atoms with Crippen LogP contribution in [0.3, 0.4) is 0 Å². The van der Waals surface area contributed by atoms with Gasteiger partial charge in [0.1, 0.15) is 5.75 Å². The van der Waals surface area contributed by atoms with Gasteiger partial charge in [0.25, 0.3) is 0 Å². The van der Waals surface area contributed by atoms with Crippen molar-refractivity contribution in [3.05, 3.63) is 24.3 Å².